The molecule has 0 aliphatic rings. The van der Waals surface area contributed by atoms with Crippen LogP contribution in [-0.4, -0.2) is 28.2 Å². The fourth-order valence-electron chi connectivity index (χ4n) is 4.66. The van der Waals surface area contributed by atoms with Gasteiger partial charge in [0.25, 0.3) is 11.6 Å². The van der Waals surface area contributed by atoms with Crippen LogP contribution in [0.2, 0.25) is 0 Å². The molecule has 0 bridgehead atoms. The van der Waals surface area contributed by atoms with Crippen molar-refractivity contribution in [3.05, 3.63) is 124 Å². The summed E-state index contributed by atoms with van der Waals surface area (Å²) in [6.45, 7) is 4.12. The summed E-state index contributed by atoms with van der Waals surface area (Å²) < 4.78 is 2.12. The molecule has 0 saturated carbocycles. The first-order valence-electron chi connectivity index (χ1n) is 12.5. The normalized spacial score (nSPS) is 11.1. The third-order valence-electron chi connectivity index (χ3n) is 6.63. The Labute approximate surface area is 225 Å². The van der Waals surface area contributed by atoms with Gasteiger partial charge in [0.1, 0.15) is 0 Å². The van der Waals surface area contributed by atoms with E-state index in [0.29, 0.717) is 0 Å². The molecule has 0 atom stereocenters. The van der Waals surface area contributed by atoms with Crippen molar-refractivity contribution in [3.63, 3.8) is 0 Å². The number of rotatable bonds is 8. The van der Waals surface area contributed by atoms with Crippen LogP contribution in [0.4, 0.5) is 11.4 Å². The van der Waals surface area contributed by atoms with Gasteiger partial charge in [-0.25, -0.2) is 5.43 Å². The van der Waals surface area contributed by atoms with E-state index in [1.807, 2.05) is 86.6 Å². The molecule has 1 amide bonds. The van der Waals surface area contributed by atoms with E-state index in [4.69, 9.17) is 0 Å². The van der Waals surface area contributed by atoms with Crippen molar-refractivity contribution in [2.75, 3.05) is 11.9 Å². The van der Waals surface area contributed by atoms with Crippen molar-refractivity contribution >= 4 is 34.3 Å². The molecule has 8 heteroatoms. The molecule has 5 rings (SSSR count). The number of hydrazone groups is 1. The number of nitro benzene ring substituents is 1. The smallest absolute Gasteiger partial charge is 0.269 e. The third-order valence-corrected chi connectivity index (χ3v) is 6.63. The second kappa shape index (κ2) is 11.0. The molecule has 8 nitrogen and oxygen atoms in total. The fourth-order valence-corrected chi connectivity index (χ4v) is 4.66. The Hall–Kier alpha value is -5.24. The molecule has 0 spiro atoms. The molecule has 1 aromatic heterocycles. The van der Waals surface area contributed by atoms with Gasteiger partial charge in [-0.05, 0) is 66.8 Å². The quantitative estimate of drug-likeness (QED) is 0.142. The van der Waals surface area contributed by atoms with Crippen LogP contribution in [0.1, 0.15) is 17.0 Å². The summed E-state index contributed by atoms with van der Waals surface area (Å²) in [5, 5.41) is 20.4. The van der Waals surface area contributed by atoms with E-state index in [-0.39, 0.29) is 18.1 Å². The van der Waals surface area contributed by atoms with Gasteiger partial charge in [-0.3, -0.25) is 14.9 Å². The van der Waals surface area contributed by atoms with Crippen molar-refractivity contribution in [2.45, 2.75) is 13.8 Å². The van der Waals surface area contributed by atoms with E-state index in [2.05, 4.69) is 20.4 Å². The molecule has 39 heavy (non-hydrogen) atoms. The highest BCUT2D eigenvalue weighted by atomic mass is 16.6. The average Bonchev–Trinajstić information content (AvgIpc) is 3.24. The molecule has 0 radical (unpaired) electrons. The largest absolute Gasteiger partial charge is 0.376 e. The Balaban J connectivity index is 1.23. The van der Waals surface area contributed by atoms with Gasteiger partial charge in [-0.2, -0.15) is 5.10 Å². The van der Waals surface area contributed by atoms with Crippen LogP contribution in [0.25, 0.3) is 27.6 Å². The van der Waals surface area contributed by atoms with E-state index in [9.17, 15) is 14.9 Å². The maximum atomic E-state index is 12.4. The fraction of sp³-hybridized carbons (Fsp3) is 0.0968. The van der Waals surface area contributed by atoms with E-state index >= 15 is 0 Å². The minimum absolute atomic E-state index is 0.0698. The van der Waals surface area contributed by atoms with Crippen molar-refractivity contribution < 1.29 is 9.72 Å². The van der Waals surface area contributed by atoms with E-state index in [1.54, 1.807) is 18.3 Å². The average molecular weight is 518 g/mol. The zero-order valence-corrected chi connectivity index (χ0v) is 21.6. The summed E-state index contributed by atoms with van der Waals surface area (Å²) >= 11 is 0. The monoisotopic (exact) mass is 517 g/mol. The Morgan fingerprint density at radius 2 is 1.59 bits per heavy atom. The highest BCUT2D eigenvalue weighted by Crippen LogP contribution is 2.26. The first-order valence-corrected chi connectivity index (χ1v) is 12.5. The highest BCUT2D eigenvalue weighted by Gasteiger charge is 2.11. The van der Waals surface area contributed by atoms with Gasteiger partial charge in [0.05, 0.1) is 17.7 Å². The number of amides is 1. The summed E-state index contributed by atoms with van der Waals surface area (Å²) in [7, 11) is 0. The molecular formula is C31H27N5O3. The number of nitro groups is 1. The molecular weight excluding hydrogens is 490 g/mol. The Kier molecular flexibility index (Phi) is 7.18. The first-order chi connectivity index (χ1) is 18.9. The van der Waals surface area contributed by atoms with Crippen molar-refractivity contribution in [3.8, 4) is 16.8 Å². The van der Waals surface area contributed by atoms with Gasteiger partial charge in [-0.15, -0.1) is 0 Å². The second-order valence-electron chi connectivity index (χ2n) is 9.19. The number of carbonyl (C=O) groups excluding carboxylic acids is 1. The predicted octanol–water partition coefficient (Wildman–Crippen LogP) is 6.38. The molecule has 2 N–H and O–H groups in total. The topological polar surface area (TPSA) is 102 Å². The molecule has 1 heterocycles. The van der Waals surface area contributed by atoms with Gasteiger partial charge >= 0.3 is 0 Å². The lowest BCUT2D eigenvalue weighted by Gasteiger charge is -2.11. The van der Waals surface area contributed by atoms with Crippen LogP contribution in [0.3, 0.4) is 0 Å². The van der Waals surface area contributed by atoms with Crippen LogP contribution < -0.4 is 10.7 Å². The number of aryl methyl sites for hydroxylation is 1. The summed E-state index contributed by atoms with van der Waals surface area (Å²) in [5.41, 5.74) is 9.35. The van der Waals surface area contributed by atoms with Crippen LogP contribution in [-0.2, 0) is 4.79 Å². The lowest BCUT2D eigenvalue weighted by atomic mass is 10.0. The van der Waals surface area contributed by atoms with Crippen molar-refractivity contribution in [1.29, 1.82) is 0 Å². The maximum Gasteiger partial charge on any atom is 0.269 e. The van der Waals surface area contributed by atoms with Crippen LogP contribution in [0.15, 0.2) is 102 Å². The number of benzene rings is 4. The molecule has 4 aromatic carbocycles. The van der Waals surface area contributed by atoms with Gasteiger partial charge in [0, 0.05) is 45.8 Å². The molecule has 0 aliphatic carbocycles. The molecule has 0 unspecified atom stereocenters. The minimum atomic E-state index is -0.403. The van der Waals surface area contributed by atoms with Gasteiger partial charge < -0.3 is 9.88 Å². The summed E-state index contributed by atoms with van der Waals surface area (Å²) in [5.74, 6) is -0.241. The number of nitrogens with zero attached hydrogens (tertiary/aromatic N) is 3. The highest BCUT2D eigenvalue weighted by molar-refractivity contribution is 5.95. The zero-order valence-electron chi connectivity index (χ0n) is 21.6. The van der Waals surface area contributed by atoms with E-state index < -0.39 is 4.92 Å². The molecule has 5 aromatic rings. The Morgan fingerprint density at radius 3 is 2.31 bits per heavy atom. The Morgan fingerprint density at radius 1 is 0.923 bits per heavy atom. The Bertz CT molecular complexity index is 1680. The maximum absolute atomic E-state index is 12.4. The number of hydrogen-bond donors (Lipinski definition) is 2. The number of fused-ring (bicyclic) bond motifs is 1. The summed E-state index contributed by atoms with van der Waals surface area (Å²) in [6, 6.07) is 30.5. The van der Waals surface area contributed by atoms with Gasteiger partial charge in [0.15, 0.2) is 0 Å². The van der Waals surface area contributed by atoms with Gasteiger partial charge in [-0.1, -0.05) is 48.5 Å². The number of carbonyl (C=O) groups is 1. The number of aromatic nitrogens is 1. The molecule has 0 fully saturated rings. The van der Waals surface area contributed by atoms with Crippen molar-refractivity contribution in [2.24, 2.45) is 5.10 Å². The zero-order chi connectivity index (χ0) is 27.4. The number of anilines is 1. The molecule has 0 saturated heterocycles. The van der Waals surface area contributed by atoms with E-state index in [0.717, 1.165) is 50.2 Å². The van der Waals surface area contributed by atoms with Crippen molar-refractivity contribution in [1.82, 2.24) is 9.99 Å². The first kappa shape index (κ1) is 25.4. The summed E-state index contributed by atoms with van der Waals surface area (Å²) in [4.78, 5) is 22.9. The SMILES string of the molecule is Cc1cc(/C=N\NC(=O)CNc2cccc3ccccc23)c(C)n1-c1ccc(-c2ccc([N+](=O)[O-])cc2)cc1. The second-order valence-corrected chi connectivity index (χ2v) is 9.19. The third kappa shape index (κ3) is 5.55. The van der Waals surface area contributed by atoms with Crippen LogP contribution >= 0.6 is 0 Å². The summed E-state index contributed by atoms with van der Waals surface area (Å²) in [6.07, 6.45) is 1.65. The van der Waals surface area contributed by atoms with E-state index in [1.165, 1.54) is 12.1 Å². The lowest BCUT2D eigenvalue weighted by molar-refractivity contribution is -0.384. The predicted molar refractivity (Wildman–Crippen MR) is 156 cm³/mol. The molecule has 194 valence electrons. The number of nitrogens with one attached hydrogen (secondary N) is 2. The van der Waals surface area contributed by atoms with Gasteiger partial charge in [0.2, 0.25) is 0 Å². The number of hydrogen-bond acceptors (Lipinski definition) is 5. The van der Waals surface area contributed by atoms with Crippen LogP contribution in [0.5, 0.6) is 0 Å². The molecule has 0 aliphatic heterocycles. The minimum Gasteiger partial charge on any atom is -0.376 e. The lowest BCUT2D eigenvalue weighted by Crippen LogP contribution is -2.25. The van der Waals surface area contributed by atoms with Crippen LogP contribution in [0, 0.1) is 24.0 Å². The number of non-ortho nitro benzene ring substituents is 1. The standard InChI is InChI=1S/C31H27N5O3/c1-21-18-26(19-33-34-31(37)20-32-30-9-5-7-25-6-3-4-8-29(25)30)22(2)35(21)27-14-10-23(11-15-27)24-12-16-28(17-13-24)36(38)39/h3-19,32H,20H2,1-2H3,(H,34,37)/b33-19-.